The van der Waals surface area contributed by atoms with Crippen molar-refractivity contribution < 1.29 is 0 Å². The number of fused-ring (bicyclic) bond motifs is 4. The van der Waals surface area contributed by atoms with Crippen molar-refractivity contribution in [2.45, 2.75) is 29.8 Å². The van der Waals surface area contributed by atoms with Gasteiger partial charge < -0.3 is 5.32 Å². The monoisotopic (exact) mass is 143 g/mol. The molecule has 3 rings (SSSR count). The predicted molar refractivity (Wildman–Crippen MR) is 41.9 cm³/mol. The maximum atomic E-state index is 3.43. The maximum Gasteiger partial charge on any atom is 0.00724 e. The second-order valence-corrected chi connectivity index (χ2v) is 4.55. The van der Waals surface area contributed by atoms with Crippen LogP contribution in [0.1, 0.15) is 19.3 Å². The standard InChI is InChI=1S/C7H13NS/c1-3-8-4-2-7-5-6(1)9-7/h6-8H,1-5H2. The van der Waals surface area contributed by atoms with E-state index in [9.17, 15) is 0 Å². The van der Waals surface area contributed by atoms with Crippen LogP contribution in [-0.4, -0.2) is 23.6 Å². The molecule has 3 aliphatic rings. The molecule has 2 heteroatoms. The van der Waals surface area contributed by atoms with Gasteiger partial charge in [0.05, 0.1) is 0 Å². The summed E-state index contributed by atoms with van der Waals surface area (Å²) in [6.45, 7) is 2.51. The predicted octanol–water partition coefficient (Wildman–Crippen LogP) is 1.24. The second kappa shape index (κ2) is 2.51. The topological polar surface area (TPSA) is 12.0 Å². The Balaban J connectivity index is 1.85. The third-order valence-electron chi connectivity index (χ3n) is 2.20. The van der Waals surface area contributed by atoms with Crippen LogP contribution >= 0.6 is 11.8 Å². The Hall–Kier alpha value is 0.310. The Bertz CT molecular complexity index is 83.6. The molecular formula is C7H13NS. The number of nitrogens with one attached hydrogen (secondary N) is 1. The normalized spacial score (nSPS) is 42.7. The molecule has 0 radical (unpaired) electrons. The van der Waals surface area contributed by atoms with Gasteiger partial charge in [-0.1, -0.05) is 0 Å². The molecular weight excluding hydrogens is 130 g/mol. The lowest BCUT2D eigenvalue weighted by atomic mass is 10.1. The van der Waals surface area contributed by atoms with Gasteiger partial charge in [0.2, 0.25) is 0 Å². The minimum atomic E-state index is 1.02. The number of hydrogen-bond acceptors (Lipinski definition) is 2. The molecule has 2 bridgehead atoms. The van der Waals surface area contributed by atoms with E-state index < -0.39 is 0 Å². The van der Waals surface area contributed by atoms with Crippen molar-refractivity contribution in [1.29, 1.82) is 0 Å². The van der Waals surface area contributed by atoms with E-state index in [1.54, 1.807) is 0 Å². The molecule has 3 heterocycles. The van der Waals surface area contributed by atoms with Crippen LogP contribution in [0, 0.1) is 0 Å². The van der Waals surface area contributed by atoms with Crippen molar-refractivity contribution in [2.24, 2.45) is 0 Å². The van der Waals surface area contributed by atoms with E-state index in [2.05, 4.69) is 17.1 Å². The molecule has 2 unspecified atom stereocenters. The van der Waals surface area contributed by atoms with Gasteiger partial charge in [-0.2, -0.15) is 11.8 Å². The van der Waals surface area contributed by atoms with Crippen LogP contribution in [0.3, 0.4) is 0 Å². The fraction of sp³-hybridized carbons (Fsp3) is 1.00. The smallest absolute Gasteiger partial charge is 0.00724 e. The molecule has 0 aromatic rings. The second-order valence-electron chi connectivity index (χ2n) is 2.94. The van der Waals surface area contributed by atoms with Crippen LogP contribution < -0.4 is 5.32 Å². The number of rotatable bonds is 0. The fourth-order valence-electron chi connectivity index (χ4n) is 1.58. The van der Waals surface area contributed by atoms with E-state index in [0.717, 1.165) is 10.5 Å². The van der Waals surface area contributed by atoms with Crippen LogP contribution in [0.2, 0.25) is 0 Å². The summed E-state index contributed by atoms with van der Waals surface area (Å²) in [5.74, 6) is 0. The molecule has 0 amide bonds. The Kier molecular flexibility index (Phi) is 1.68. The van der Waals surface area contributed by atoms with Crippen LogP contribution in [0.15, 0.2) is 0 Å². The minimum Gasteiger partial charge on any atom is -0.317 e. The lowest BCUT2D eigenvalue weighted by Crippen LogP contribution is -2.36. The molecule has 1 nitrogen and oxygen atoms in total. The van der Waals surface area contributed by atoms with Crippen LogP contribution in [-0.2, 0) is 0 Å². The summed E-state index contributed by atoms with van der Waals surface area (Å²) >= 11 is 2.21. The number of thioether (sulfide) groups is 1. The first kappa shape index (κ1) is 6.05. The van der Waals surface area contributed by atoms with E-state index in [4.69, 9.17) is 0 Å². The quantitative estimate of drug-likeness (QED) is 0.547. The highest BCUT2D eigenvalue weighted by atomic mass is 32.2. The largest absolute Gasteiger partial charge is 0.317 e. The summed E-state index contributed by atoms with van der Waals surface area (Å²) in [6.07, 6.45) is 4.31. The zero-order chi connectivity index (χ0) is 6.10. The summed E-state index contributed by atoms with van der Waals surface area (Å²) in [5, 5.41) is 5.47. The molecule has 1 N–H and O–H groups in total. The van der Waals surface area contributed by atoms with Gasteiger partial charge in [0.25, 0.3) is 0 Å². The SMILES string of the molecule is C1CC2CC(CCN1)S2. The third kappa shape index (κ3) is 1.24. The zero-order valence-corrected chi connectivity index (χ0v) is 6.41. The van der Waals surface area contributed by atoms with E-state index in [1.165, 1.54) is 32.4 Å². The first-order chi connectivity index (χ1) is 4.45. The van der Waals surface area contributed by atoms with Crippen molar-refractivity contribution in [3.63, 3.8) is 0 Å². The molecule has 0 saturated carbocycles. The average Bonchev–Trinajstić information content (AvgIpc) is 1.54. The van der Waals surface area contributed by atoms with Gasteiger partial charge >= 0.3 is 0 Å². The molecule has 52 valence electrons. The van der Waals surface area contributed by atoms with Crippen LogP contribution in [0.4, 0.5) is 0 Å². The Morgan fingerprint density at radius 3 is 2.22 bits per heavy atom. The Morgan fingerprint density at radius 1 is 1.11 bits per heavy atom. The molecule has 9 heavy (non-hydrogen) atoms. The maximum absolute atomic E-state index is 3.43. The van der Waals surface area contributed by atoms with E-state index >= 15 is 0 Å². The molecule has 0 aliphatic carbocycles. The molecule has 0 aromatic carbocycles. The summed E-state index contributed by atoms with van der Waals surface area (Å²) in [5.41, 5.74) is 0. The summed E-state index contributed by atoms with van der Waals surface area (Å²) in [6, 6.07) is 0. The van der Waals surface area contributed by atoms with Gasteiger partial charge in [0, 0.05) is 10.5 Å². The van der Waals surface area contributed by atoms with Gasteiger partial charge in [-0.15, -0.1) is 0 Å². The van der Waals surface area contributed by atoms with Crippen molar-refractivity contribution in [3.05, 3.63) is 0 Å². The number of hydrogen-bond donors (Lipinski definition) is 1. The average molecular weight is 143 g/mol. The Labute approximate surface area is 60.6 Å². The highest BCUT2D eigenvalue weighted by molar-refractivity contribution is 8.01. The van der Waals surface area contributed by atoms with Crippen LogP contribution in [0.25, 0.3) is 0 Å². The van der Waals surface area contributed by atoms with Crippen molar-refractivity contribution in [2.75, 3.05) is 13.1 Å². The van der Waals surface area contributed by atoms with Gasteiger partial charge in [-0.05, 0) is 32.4 Å². The molecule has 2 atom stereocenters. The Morgan fingerprint density at radius 2 is 1.67 bits per heavy atom. The van der Waals surface area contributed by atoms with Gasteiger partial charge in [-0.3, -0.25) is 0 Å². The summed E-state index contributed by atoms with van der Waals surface area (Å²) < 4.78 is 0. The summed E-state index contributed by atoms with van der Waals surface area (Å²) in [7, 11) is 0. The van der Waals surface area contributed by atoms with E-state index in [1.807, 2.05) is 0 Å². The first-order valence-electron chi connectivity index (χ1n) is 3.81. The van der Waals surface area contributed by atoms with Gasteiger partial charge in [0.15, 0.2) is 0 Å². The molecule has 3 fully saturated rings. The van der Waals surface area contributed by atoms with Crippen LogP contribution in [0.5, 0.6) is 0 Å². The molecule has 0 aromatic heterocycles. The first-order valence-corrected chi connectivity index (χ1v) is 4.75. The van der Waals surface area contributed by atoms with Gasteiger partial charge in [-0.25, -0.2) is 0 Å². The minimum absolute atomic E-state index is 1.02. The fourth-order valence-corrected chi connectivity index (χ4v) is 2.96. The van der Waals surface area contributed by atoms with Crippen molar-refractivity contribution in [3.8, 4) is 0 Å². The lowest BCUT2D eigenvalue weighted by molar-refractivity contribution is 0.502. The lowest BCUT2D eigenvalue weighted by Gasteiger charge is -2.37. The van der Waals surface area contributed by atoms with Crippen molar-refractivity contribution >= 4 is 11.8 Å². The zero-order valence-electron chi connectivity index (χ0n) is 5.60. The van der Waals surface area contributed by atoms with E-state index in [-0.39, 0.29) is 0 Å². The third-order valence-corrected chi connectivity index (χ3v) is 3.82. The molecule has 0 spiro atoms. The highest BCUT2D eigenvalue weighted by Crippen LogP contribution is 2.40. The molecule has 3 saturated heterocycles. The van der Waals surface area contributed by atoms with Crippen molar-refractivity contribution in [1.82, 2.24) is 5.32 Å². The van der Waals surface area contributed by atoms with Gasteiger partial charge in [0.1, 0.15) is 0 Å². The summed E-state index contributed by atoms with van der Waals surface area (Å²) in [4.78, 5) is 0. The van der Waals surface area contributed by atoms with E-state index in [0.29, 0.717) is 0 Å². The molecule has 3 aliphatic heterocycles. The highest BCUT2D eigenvalue weighted by Gasteiger charge is 2.29.